The number of hydrogen-bond donors (Lipinski definition) is 0. The molecule has 150 valence electrons. The number of aromatic nitrogens is 1. The molecule has 1 aromatic carbocycles. The molecule has 2 unspecified atom stereocenters. The Labute approximate surface area is 159 Å². The fourth-order valence-corrected chi connectivity index (χ4v) is 2.80. The summed E-state index contributed by atoms with van der Waals surface area (Å²) in [6.45, 7) is 4.67. The summed E-state index contributed by atoms with van der Waals surface area (Å²) < 4.78 is 53.9. The summed E-state index contributed by atoms with van der Waals surface area (Å²) in [5, 5.41) is 0. The zero-order valence-electron chi connectivity index (χ0n) is 15.3. The monoisotopic (exact) mass is 396 g/mol. The first kappa shape index (κ1) is 19.9. The van der Waals surface area contributed by atoms with Crippen molar-refractivity contribution in [3.05, 3.63) is 48.2 Å². The average molecular weight is 396 g/mol. The van der Waals surface area contributed by atoms with Crippen LogP contribution in [0.15, 0.2) is 42.6 Å². The highest BCUT2D eigenvalue weighted by atomic mass is 19.4. The molecule has 1 aliphatic rings. The van der Waals surface area contributed by atoms with Gasteiger partial charge in [-0.25, -0.2) is 9.78 Å². The van der Waals surface area contributed by atoms with Gasteiger partial charge in [-0.1, -0.05) is 0 Å². The number of rotatable bonds is 3. The number of hydrogen-bond acceptors (Lipinski definition) is 5. The van der Waals surface area contributed by atoms with E-state index in [1.807, 2.05) is 13.8 Å². The number of pyridine rings is 1. The fraction of sp³-hybridized carbons (Fsp3) is 0.368. The Hall–Kier alpha value is -2.81. The Kier molecular flexibility index (Phi) is 5.73. The quantitative estimate of drug-likeness (QED) is 0.765. The van der Waals surface area contributed by atoms with E-state index in [4.69, 9.17) is 14.2 Å². The van der Waals surface area contributed by atoms with E-state index >= 15 is 0 Å². The minimum Gasteiger partial charge on any atom is -0.439 e. The highest BCUT2D eigenvalue weighted by Crippen LogP contribution is 2.30. The third-order valence-electron chi connectivity index (χ3n) is 3.99. The lowest BCUT2D eigenvalue weighted by molar-refractivity contribution is -0.137. The summed E-state index contributed by atoms with van der Waals surface area (Å²) in [6.07, 6.45) is -4.35. The van der Waals surface area contributed by atoms with Gasteiger partial charge in [0.1, 0.15) is 11.5 Å². The summed E-state index contributed by atoms with van der Waals surface area (Å²) in [5.41, 5.74) is -0.853. The zero-order valence-corrected chi connectivity index (χ0v) is 15.3. The first-order valence-electron chi connectivity index (χ1n) is 8.64. The minimum atomic E-state index is -4.45. The molecular weight excluding hydrogens is 377 g/mol. The van der Waals surface area contributed by atoms with Crippen LogP contribution in [0.1, 0.15) is 19.4 Å². The second kappa shape index (κ2) is 8.05. The zero-order chi connectivity index (χ0) is 20.3. The largest absolute Gasteiger partial charge is 0.439 e. The molecule has 1 saturated heterocycles. The molecule has 2 aromatic rings. The smallest absolute Gasteiger partial charge is 0.417 e. The highest BCUT2D eigenvalue weighted by molar-refractivity contribution is 5.71. The van der Waals surface area contributed by atoms with Crippen molar-refractivity contribution in [1.29, 1.82) is 0 Å². The first-order chi connectivity index (χ1) is 13.2. The van der Waals surface area contributed by atoms with Crippen LogP contribution < -0.4 is 9.47 Å². The molecule has 6 nitrogen and oxygen atoms in total. The number of alkyl halides is 3. The number of amides is 1. The van der Waals surface area contributed by atoms with E-state index in [0.717, 1.165) is 12.1 Å². The second-order valence-electron chi connectivity index (χ2n) is 6.49. The summed E-state index contributed by atoms with van der Waals surface area (Å²) in [7, 11) is 0. The molecule has 2 atom stereocenters. The number of morpholine rings is 1. The van der Waals surface area contributed by atoms with Gasteiger partial charge in [-0.3, -0.25) is 0 Å². The van der Waals surface area contributed by atoms with Gasteiger partial charge in [0.15, 0.2) is 0 Å². The van der Waals surface area contributed by atoms with E-state index in [-0.39, 0.29) is 18.1 Å². The predicted molar refractivity (Wildman–Crippen MR) is 93.4 cm³/mol. The van der Waals surface area contributed by atoms with Crippen LogP contribution in [0.2, 0.25) is 0 Å². The van der Waals surface area contributed by atoms with Gasteiger partial charge in [0.25, 0.3) is 0 Å². The lowest BCUT2D eigenvalue weighted by atomic mass is 10.2. The van der Waals surface area contributed by atoms with Gasteiger partial charge in [-0.15, -0.1) is 0 Å². The van der Waals surface area contributed by atoms with Crippen LogP contribution in [0.4, 0.5) is 18.0 Å². The maximum absolute atomic E-state index is 12.5. The molecule has 28 heavy (non-hydrogen) atoms. The predicted octanol–water partition coefficient (Wildman–Crippen LogP) is 4.50. The van der Waals surface area contributed by atoms with Crippen LogP contribution in [0.25, 0.3) is 0 Å². The molecule has 0 bridgehead atoms. The molecule has 1 amide bonds. The Morgan fingerprint density at radius 3 is 2.21 bits per heavy atom. The maximum Gasteiger partial charge on any atom is 0.417 e. The molecule has 1 fully saturated rings. The molecule has 9 heteroatoms. The molecule has 0 spiro atoms. The maximum atomic E-state index is 12.5. The number of carbonyl (C=O) groups is 1. The van der Waals surface area contributed by atoms with E-state index in [9.17, 15) is 18.0 Å². The van der Waals surface area contributed by atoms with Crippen LogP contribution in [-0.4, -0.2) is 41.3 Å². The van der Waals surface area contributed by atoms with E-state index in [0.29, 0.717) is 30.8 Å². The molecule has 0 N–H and O–H groups in total. The lowest BCUT2D eigenvalue weighted by Crippen LogP contribution is -2.49. The van der Waals surface area contributed by atoms with Crippen molar-refractivity contribution in [3.63, 3.8) is 0 Å². The topological polar surface area (TPSA) is 60.9 Å². The van der Waals surface area contributed by atoms with Gasteiger partial charge < -0.3 is 19.1 Å². The number of nitrogens with zero attached hydrogens (tertiary/aromatic N) is 2. The van der Waals surface area contributed by atoms with Gasteiger partial charge in [-0.05, 0) is 44.2 Å². The Morgan fingerprint density at radius 1 is 1.07 bits per heavy atom. The third-order valence-corrected chi connectivity index (χ3v) is 3.99. The van der Waals surface area contributed by atoms with Crippen LogP contribution in [-0.2, 0) is 10.9 Å². The summed E-state index contributed by atoms with van der Waals surface area (Å²) in [6, 6.07) is 8.16. The van der Waals surface area contributed by atoms with Gasteiger partial charge >= 0.3 is 12.3 Å². The molecular formula is C19H19F3N2O4. The molecule has 3 rings (SSSR count). The van der Waals surface area contributed by atoms with Crippen molar-refractivity contribution in [2.45, 2.75) is 32.2 Å². The normalized spacial score (nSPS) is 20.0. The van der Waals surface area contributed by atoms with Gasteiger partial charge in [-0.2, -0.15) is 13.2 Å². The molecule has 0 radical (unpaired) electrons. The number of benzene rings is 1. The number of halogens is 3. The van der Waals surface area contributed by atoms with Crippen LogP contribution >= 0.6 is 0 Å². The van der Waals surface area contributed by atoms with Gasteiger partial charge in [0.2, 0.25) is 5.88 Å². The Balaban J connectivity index is 1.58. The van der Waals surface area contributed by atoms with Crippen molar-refractivity contribution in [2.24, 2.45) is 0 Å². The summed E-state index contributed by atoms with van der Waals surface area (Å²) in [4.78, 5) is 17.5. The number of carbonyl (C=O) groups excluding carboxylic acids is 1. The third kappa shape index (κ3) is 5.13. The fourth-order valence-electron chi connectivity index (χ4n) is 2.80. The van der Waals surface area contributed by atoms with Crippen molar-refractivity contribution >= 4 is 6.09 Å². The molecule has 1 aliphatic heterocycles. The van der Waals surface area contributed by atoms with Gasteiger partial charge in [0.05, 0.1) is 30.9 Å². The molecule has 0 saturated carbocycles. The standard InChI is InChI=1S/C19H19F3N2O4/c1-12-10-24(11-13(2)26-12)18(25)28-16-6-4-15(5-7-16)27-17-8-3-14(9-23-17)19(20,21)22/h3-9,12-13H,10-11H2,1-2H3. The van der Waals surface area contributed by atoms with E-state index in [2.05, 4.69) is 4.98 Å². The van der Waals surface area contributed by atoms with Crippen molar-refractivity contribution in [1.82, 2.24) is 9.88 Å². The summed E-state index contributed by atoms with van der Waals surface area (Å²) >= 11 is 0. The lowest BCUT2D eigenvalue weighted by Gasteiger charge is -2.34. The molecule has 1 aromatic heterocycles. The molecule has 0 aliphatic carbocycles. The van der Waals surface area contributed by atoms with Crippen LogP contribution in [0.5, 0.6) is 17.4 Å². The van der Waals surface area contributed by atoms with E-state index < -0.39 is 17.8 Å². The van der Waals surface area contributed by atoms with Crippen molar-refractivity contribution in [3.8, 4) is 17.4 Å². The highest BCUT2D eigenvalue weighted by Gasteiger charge is 2.30. The van der Waals surface area contributed by atoms with E-state index in [1.54, 1.807) is 4.90 Å². The SMILES string of the molecule is CC1CN(C(=O)Oc2ccc(Oc3ccc(C(F)(F)F)cn3)cc2)CC(C)O1. The van der Waals surface area contributed by atoms with Crippen molar-refractivity contribution in [2.75, 3.05) is 13.1 Å². The second-order valence-corrected chi connectivity index (χ2v) is 6.49. The van der Waals surface area contributed by atoms with Crippen molar-refractivity contribution < 1.29 is 32.2 Å². The number of ether oxygens (including phenoxy) is 3. The van der Waals surface area contributed by atoms with E-state index in [1.165, 1.54) is 24.3 Å². The summed E-state index contributed by atoms with van der Waals surface area (Å²) in [5.74, 6) is 0.694. The van der Waals surface area contributed by atoms with Crippen LogP contribution in [0.3, 0.4) is 0 Å². The minimum absolute atomic E-state index is 0.0223. The molecule has 2 heterocycles. The Bertz CT molecular complexity index is 799. The van der Waals surface area contributed by atoms with Crippen LogP contribution in [0, 0.1) is 0 Å². The first-order valence-corrected chi connectivity index (χ1v) is 8.64. The average Bonchev–Trinajstić information content (AvgIpc) is 2.62. The van der Waals surface area contributed by atoms with Gasteiger partial charge in [0, 0.05) is 12.3 Å². The Morgan fingerprint density at radius 2 is 1.68 bits per heavy atom.